The van der Waals surface area contributed by atoms with Crippen molar-refractivity contribution in [1.82, 2.24) is 0 Å². The van der Waals surface area contributed by atoms with Crippen LogP contribution >= 0.6 is 0 Å². The first-order valence-corrected chi connectivity index (χ1v) is 8.61. The van der Waals surface area contributed by atoms with E-state index < -0.39 is 11.7 Å². The van der Waals surface area contributed by atoms with Gasteiger partial charge in [-0.2, -0.15) is 0 Å². The highest BCUT2D eigenvalue weighted by Gasteiger charge is 2.53. The second-order valence-electron chi connectivity index (χ2n) is 7.80. The van der Waals surface area contributed by atoms with Gasteiger partial charge in [0.05, 0.1) is 5.92 Å². The zero-order valence-electron chi connectivity index (χ0n) is 14.8. The summed E-state index contributed by atoms with van der Waals surface area (Å²) in [7, 11) is 0. The van der Waals surface area contributed by atoms with Crippen LogP contribution in [0, 0.1) is 11.8 Å². The first-order valence-electron chi connectivity index (χ1n) is 8.61. The summed E-state index contributed by atoms with van der Waals surface area (Å²) in [6.45, 7) is 12.2. The molecule has 1 aliphatic heterocycles. The summed E-state index contributed by atoms with van der Waals surface area (Å²) in [4.78, 5) is 11.8. The van der Waals surface area contributed by atoms with Crippen LogP contribution in [0.15, 0.2) is 18.2 Å². The van der Waals surface area contributed by atoms with E-state index in [1.807, 2.05) is 20.8 Å². The third kappa shape index (κ3) is 2.20. The first-order chi connectivity index (χ1) is 11.2. The number of fused-ring (bicyclic) bond motifs is 3. The van der Waals surface area contributed by atoms with E-state index in [9.17, 15) is 15.0 Å². The van der Waals surface area contributed by atoms with E-state index in [1.54, 1.807) is 6.07 Å². The van der Waals surface area contributed by atoms with Crippen LogP contribution in [-0.2, 0) is 5.41 Å². The minimum atomic E-state index is -1.06. The predicted octanol–water partition coefficient (Wildman–Crippen LogP) is 3.90. The Balaban J connectivity index is 2.29. The Bertz CT molecular complexity index is 706. The molecule has 0 saturated heterocycles. The quantitative estimate of drug-likeness (QED) is 0.637. The minimum absolute atomic E-state index is 0.0357. The van der Waals surface area contributed by atoms with Crippen molar-refractivity contribution in [1.29, 1.82) is 0 Å². The lowest BCUT2D eigenvalue weighted by molar-refractivity contribution is -0.0993. The number of phenolic OH excluding ortho intramolecular Hbond substituents is 1. The van der Waals surface area contributed by atoms with E-state index in [4.69, 9.17) is 4.74 Å². The smallest absolute Gasteiger partial charge is 0.205 e. The third-order valence-electron chi connectivity index (χ3n) is 5.97. The van der Waals surface area contributed by atoms with Crippen LogP contribution in [0.2, 0.25) is 0 Å². The Kier molecular flexibility index (Phi) is 3.99. The van der Waals surface area contributed by atoms with Crippen molar-refractivity contribution in [2.45, 2.75) is 58.2 Å². The van der Waals surface area contributed by atoms with Gasteiger partial charge in [0.2, 0.25) is 6.29 Å². The number of carbonyl (C=O) groups is 1. The van der Waals surface area contributed by atoms with E-state index >= 15 is 0 Å². The minimum Gasteiger partial charge on any atom is -0.504 e. The van der Waals surface area contributed by atoms with Gasteiger partial charge in [-0.3, -0.25) is 4.79 Å². The zero-order chi connectivity index (χ0) is 17.8. The van der Waals surface area contributed by atoms with Crippen LogP contribution in [-0.4, -0.2) is 22.8 Å². The molecular weight excluding hydrogens is 304 g/mol. The van der Waals surface area contributed by atoms with Crippen LogP contribution in [0.3, 0.4) is 0 Å². The summed E-state index contributed by atoms with van der Waals surface area (Å²) in [5.74, 6) is 0.356. The summed E-state index contributed by atoms with van der Waals surface area (Å²) in [6.07, 6.45) is 1.51. The van der Waals surface area contributed by atoms with Gasteiger partial charge in [0.25, 0.3) is 0 Å². The number of aliphatic hydroxyl groups excluding tert-OH is 1. The first kappa shape index (κ1) is 17.0. The van der Waals surface area contributed by atoms with E-state index in [1.165, 1.54) is 0 Å². The lowest BCUT2D eigenvalue weighted by Gasteiger charge is -2.51. The molecule has 4 unspecified atom stereocenters. The van der Waals surface area contributed by atoms with Gasteiger partial charge in [0.15, 0.2) is 17.8 Å². The average molecular weight is 330 g/mol. The van der Waals surface area contributed by atoms with Gasteiger partial charge in [-0.05, 0) is 30.7 Å². The summed E-state index contributed by atoms with van der Waals surface area (Å²) in [6, 6.07) is 1.76. The number of aliphatic hydroxyl groups is 1. The molecule has 1 aromatic rings. The Morgan fingerprint density at radius 2 is 2.12 bits per heavy atom. The summed E-state index contributed by atoms with van der Waals surface area (Å²) in [5.41, 5.74) is 2.38. The molecule has 130 valence electrons. The number of aldehydes is 1. The third-order valence-corrected chi connectivity index (χ3v) is 5.97. The molecular formula is C20H26O4. The molecule has 0 spiro atoms. The Morgan fingerprint density at radius 3 is 2.71 bits per heavy atom. The van der Waals surface area contributed by atoms with Gasteiger partial charge in [0, 0.05) is 22.1 Å². The van der Waals surface area contributed by atoms with E-state index in [-0.39, 0.29) is 23.3 Å². The molecule has 1 heterocycles. The topological polar surface area (TPSA) is 66.8 Å². The van der Waals surface area contributed by atoms with Gasteiger partial charge in [-0.1, -0.05) is 39.8 Å². The van der Waals surface area contributed by atoms with Crippen LogP contribution in [0.25, 0.3) is 0 Å². The number of ether oxygens (including phenoxy) is 1. The fraction of sp³-hybridized carbons (Fsp3) is 0.550. The standard InChI is InChI=1S/C20H26O4/c1-10(2)14-8-13(9-21)16-18(17(14)22)24-19(23)15-12(4)11(3)6-7-20(15,16)5/h8-11,15,19,22-23H,4,6-7H2,1-3,5H3. The highest BCUT2D eigenvalue weighted by molar-refractivity contribution is 5.82. The maximum atomic E-state index is 11.8. The van der Waals surface area contributed by atoms with Gasteiger partial charge >= 0.3 is 0 Å². The molecule has 4 heteroatoms. The van der Waals surface area contributed by atoms with E-state index in [0.717, 1.165) is 24.7 Å². The second-order valence-corrected chi connectivity index (χ2v) is 7.80. The molecule has 4 nitrogen and oxygen atoms in total. The average Bonchev–Trinajstić information content (AvgIpc) is 2.52. The van der Waals surface area contributed by atoms with Gasteiger partial charge in [0.1, 0.15) is 0 Å². The number of rotatable bonds is 2. The normalized spacial score (nSPS) is 32.1. The number of phenols is 1. The number of carbonyl (C=O) groups excluding carboxylic acids is 1. The molecule has 4 atom stereocenters. The maximum absolute atomic E-state index is 11.8. The summed E-state index contributed by atoms with van der Waals surface area (Å²) < 4.78 is 5.74. The maximum Gasteiger partial charge on any atom is 0.205 e. The molecule has 0 radical (unpaired) electrons. The molecule has 1 saturated carbocycles. The highest BCUT2D eigenvalue weighted by atomic mass is 16.6. The number of hydrogen-bond acceptors (Lipinski definition) is 4. The fourth-order valence-electron chi connectivity index (χ4n) is 4.47. The Morgan fingerprint density at radius 1 is 1.46 bits per heavy atom. The summed E-state index contributed by atoms with van der Waals surface area (Å²) in [5, 5.41) is 21.3. The number of hydrogen-bond donors (Lipinski definition) is 2. The van der Waals surface area contributed by atoms with E-state index in [2.05, 4.69) is 13.5 Å². The predicted molar refractivity (Wildman–Crippen MR) is 92.6 cm³/mol. The van der Waals surface area contributed by atoms with Crippen molar-refractivity contribution in [3.05, 3.63) is 34.9 Å². The molecule has 0 amide bonds. The Labute approximate surface area is 143 Å². The molecule has 24 heavy (non-hydrogen) atoms. The van der Waals surface area contributed by atoms with Crippen LogP contribution in [0.1, 0.15) is 67.9 Å². The monoisotopic (exact) mass is 330 g/mol. The molecule has 0 bridgehead atoms. The lowest BCUT2D eigenvalue weighted by atomic mass is 9.57. The molecule has 0 aromatic heterocycles. The highest BCUT2D eigenvalue weighted by Crippen LogP contribution is 2.58. The lowest BCUT2D eigenvalue weighted by Crippen LogP contribution is -2.51. The van der Waals surface area contributed by atoms with Crippen molar-refractivity contribution < 1.29 is 19.7 Å². The molecule has 1 aromatic carbocycles. The van der Waals surface area contributed by atoms with Crippen LogP contribution in [0.4, 0.5) is 0 Å². The van der Waals surface area contributed by atoms with Crippen molar-refractivity contribution in [2.75, 3.05) is 0 Å². The molecule has 3 rings (SSSR count). The SMILES string of the molecule is C=C1C(C)CCC2(C)c3c(C=O)cc(C(C)C)c(O)c3OC(O)C12. The molecule has 2 aliphatic rings. The van der Waals surface area contributed by atoms with Crippen molar-refractivity contribution in [3.8, 4) is 11.5 Å². The van der Waals surface area contributed by atoms with Gasteiger partial charge < -0.3 is 14.9 Å². The Hall–Kier alpha value is -1.81. The molecule has 1 fully saturated rings. The van der Waals surface area contributed by atoms with Crippen molar-refractivity contribution in [2.24, 2.45) is 11.8 Å². The second kappa shape index (κ2) is 5.62. The number of aromatic hydroxyl groups is 1. The fourth-order valence-corrected chi connectivity index (χ4v) is 4.47. The number of benzene rings is 1. The largest absolute Gasteiger partial charge is 0.504 e. The van der Waals surface area contributed by atoms with Gasteiger partial charge in [-0.25, -0.2) is 0 Å². The van der Waals surface area contributed by atoms with Crippen molar-refractivity contribution in [3.63, 3.8) is 0 Å². The van der Waals surface area contributed by atoms with Crippen LogP contribution < -0.4 is 4.74 Å². The van der Waals surface area contributed by atoms with Gasteiger partial charge in [-0.15, -0.1) is 0 Å². The van der Waals surface area contributed by atoms with Crippen LogP contribution in [0.5, 0.6) is 11.5 Å². The van der Waals surface area contributed by atoms with Crippen molar-refractivity contribution >= 4 is 6.29 Å². The van der Waals surface area contributed by atoms with E-state index in [0.29, 0.717) is 22.6 Å². The summed E-state index contributed by atoms with van der Waals surface area (Å²) >= 11 is 0. The molecule has 2 N–H and O–H groups in total. The zero-order valence-corrected chi connectivity index (χ0v) is 14.8. The molecule has 1 aliphatic carbocycles.